The molecule has 1 amide bonds. The van der Waals surface area contributed by atoms with Crippen molar-refractivity contribution in [2.45, 2.75) is 25.1 Å². The Labute approximate surface area is 189 Å². The minimum absolute atomic E-state index is 0.0866. The van der Waals surface area contributed by atoms with Crippen molar-refractivity contribution in [3.05, 3.63) is 53.6 Å². The first-order valence-corrected chi connectivity index (χ1v) is 11.9. The summed E-state index contributed by atoms with van der Waals surface area (Å²) in [6.07, 6.45) is 0.722. The first kappa shape index (κ1) is 24.5. The summed E-state index contributed by atoms with van der Waals surface area (Å²) in [4.78, 5) is 21.7. The average Bonchev–Trinajstić information content (AvgIpc) is 3.55. The molecule has 1 aromatic heterocycles. The lowest BCUT2D eigenvalue weighted by atomic mass is 10.1. The highest BCUT2D eigenvalue weighted by molar-refractivity contribution is 7.93. The zero-order valence-electron chi connectivity index (χ0n) is 17.9. The molecule has 3 rings (SSSR count). The van der Waals surface area contributed by atoms with Gasteiger partial charge in [-0.05, 0) is 30.9 Å². The van der Waals surface area contributed by atoms with Gasteiger partial charge in [0.1, 0.15) is 17.9 Å². The van der Waals surface area contributed by atoms with Gasteiger partial charge >= 0.3 is 6.18 Å². The number of ether oxygens (including phenoxy) is 1. The molecule has 1 aliphatic carbocycles. The molecule has 178 valence electrons. The number of benzene rings is 1. The molecule has 33 heavy (non-hydrogen) atoms. The zero-order valence-corrected chi connectivity index (χ0v) is 18.7. The van der Waals surface area contributed by atoms with Gasteiger partial charge in [-0.1, -0.05) is 24.3 Å². The van der Waals surface area contributed by atoms with Crippen molar-refractivity contribution in [1.29, 1.82) is 0 Å². The number of para-hydroxylation sites is 1. The van der Waals surface area contributed by atoms with E-state index in [0.29, 0.717) is 5.75 Å². The number of carbonyl (C=O) groups is 1. The number of sulfone groups is 1. The van der Waals surface area contributed by atoms with E-state index in [1.165, 1.54) is 13.1 Å². The van der Waals surface area contributed by atoms with Crippen molar-refractivity contribution in [3.8, 4) is 11.6 Å². The van der Waals surface area contributed by atoms with Crippen LogP contribution in [0, 0.1) is 5.92 Å². The fourth-order valence-corrected chi connectivity index (χ4v) is 3.40. The lowest BCUT2D eigenvalue weighted by molar-refractivity contribution is -0.119. The van der Waals surface area contributed by atoms with Crippen molar-refractivity contribution in [2.24, 2.45) is 5.92 Å². The Hall–Kier alpha value is -3.15. The van der Waals surface area contributed by atoms with Gasteiger partial charge in [-0.25, -0.2) is 13.4 Å². The molecule has 0 spiro atoms. The van der Waals surface area contributed by atoms with Gasteiger partial charge in [0.25, 0.3) is 5.91 Å². The van der Waals surface area contributed by atoms with Crippen molar-refractivity contribution in [2.75, 3.05) is 24.7 Å². The van der Waals surface area contributed by atoms with E-state index in [1.807, 2.05) is 0 Å². The minimum atomic E-state index is -4.47. The van der Waals surface area contributed by atoms with Crippen LogP contribution < -0.4 is 15.0 Å². The summed E-state index contributed by atoms with van der Waals surface area (Å²) in [6, 6.07) is 7.79. The summed E-state index contributed by atoms with van der Waals surface area (Å²) in [7, 11) is -2.21. The lowest BCUT2D eigenvalue weighted by Gasteiger charge is -2.20. The van der Waals surface area contributed by atoms with E-state index in [9.17, 15) is 26.4 Å². The Bertz CT molecular complexity index is 1120. The number of rotatable bonds is 9. The van der Waals surface area contributed by atoms with E-state index >= 15 is 0 Å². The van der Waals surface area contributed by atoms with E-state index < -0.39 is 34.5 Å². The van der Waals surface area contributed by atoms with E-state index in [4.69, 9.17) is 4.74 Å². The number of amides is 1. The van der Waals surface area contributed by atoms with Crippen molar-refractivity contribution >= 4 is 21.7 Å². The Morgan fingerprint density at radius 3 is 2.55 bits per heavy atom. The average molecular weight is 485 g/mol. The first-order valence-electron chi connectivity index (χ1n) is 9.98. The van der Waals surface area contributed by atoms with Gasteiger partial charge in [-0.15, -0.1) is 0 Å². The minimum Gasteiger partial charge on any atom is -0.438 e. The number of hydrogen-bond donors (Lipinski definition) is 1. The molecule has 0 saturated heterocycles. The largest absolute Gasteiger partial charge is 0.438 e. The number of anilines is 1. The molecule has 1 unspecified atom stereocenters. The maximum absolute atomic E-state index is 13.0. The van der Waals surface area contributed by atoms with Crippen LogP contribution in [0.25, 0.3) is 0 Å². The Morgan fingerprint density at radius 1 is 1.30 bits per heavy atom. The van der Waals surface area contributed by atoms with Crippen LogP contribution in [0.2, 0.25) is 0 Å². The molecule has 2 aromatic rings. The predicted molar refractivity (Wildman–Crippen MR) is 116 cm³/mol. The smallest absolute Gasteiger partial charge is 0.406 e. The maximum Gasteiger partial charge on any atom is 0.406 e. The summed E-state index contributed by atoms with van der Waals surface area (Å²) in [6.45, 7) is -1.29. The van der Waals surface area contributed by atoms with E-state index in [-0.39, 0.29) is 23.3 Å². The molecule has 12 heteroatoms. The van der Waals surface area contributed by atoms with Gasteiger partial charge in [0.2, 0.25) is 11.8 Å². The lowest BCUT2D eigenvalue weighted by Crippen LogP contribution is -2.36. The van der Waals surface area contributed by atoms with Gasteiger partial charge < -0.3 is 15.0 Å². The van der Waals surface area contributed by atoms with Crippen molar-refractivity contribution < 1.29 is 31.1 Å². The summed E-state index contributed by atoms with van der Waals surface area (Å²) in [5.41, 5.74) is -0.0959. The summed E-state index contributed by atoms with van der Waals surface area (Å²) >= 11 is 0. The number of nitrogens with one attached hydrogen (secondary N) is 1. The Kier molecular flexibility index (Phi) is 7.25. The number of nitrogens with zero attached hydrogens (tertiary/aromatic N) is 3. The molecule has 1 saturated carbocycles. The highest BCUT2D eigenvalue weighted by atomic mass is 32.2. The fourth-order valence-electron chi connectivity index (χ4n) is 2.95. The first-order chi connectivity index (χ1) is 15.4. The highest BCUT2D eigenvalue weighted by Crippen LogP contribution is 2.34. The maximum atomic E-state index is 13.0. The molecule has 1 aromatic carbocycles. The molecule has 0 bridgehead atoms. The van der Waals surface area contributed by atoms with Crippen LogP contribution in [0.4, 0.5) is 19.1 Å². The zero-order chi connectivity index (χ0) is 24.2. The van der Waals surface area contributed by atoms with Gasteiger partial charge in [0.15, 0.2) is 9.84 Å². The third-order valence-corrected chi connectivity index (χ3v) is 5.31. The molecule has 0 radical (unpaired) electrons. The van der Waals surface area contributed by atoms with Gasteiger partial charge in [-0.3, -0.25) is 4.79 Å². The molecule has 1 atom stereocenters. The molecule has 8 nitrogen and oxygen atoms in total. The monoisotopic (exact) mass is 484 g/mol. The number of halogens is 3. The molecule has 1 N–H and O–H groups in total. The number of alkyl halides is 3. The molecule has 1 heterocycles. The Morgan fingerprint density at radius 2 is 1.97 bits per heavy atom. The standard InChI is InChI=1S/C21H23F3N4O4S/c1-28(13-21(22,23)24)20-25-12-16(19(27-20)32-15-6-4-3-5-7-15)18(29)26-17(14-8-9-14)10-11-33(2,30)31/h3-7,10-12,14,17H,8-9,13H2,1-2H3,(H,26,29)/b11-10+. The van der Waals surface area contributed by atoms with E-state index in [1.54, 1.807) is 30.3 Å². The van der Waals surface area contributed by atoms with Crippen molar-refractivity contribution in [3.63, 3.8) is 0 Å². The van der Waals surface area contributed by atoms with E-state index in [2.05, 4.69) is 15.3 Å². The van der Waals surface area contributed by atoms with Gasteiger partial charge in [0.05, 0.1) is 6.04 Å². The second-order valence-electron chi connectivity index (χ2n) is 7.77. The molecule has 1 fully saturated rings. The predicted octanol–water partition coefficient (Wildman–Crippen LogP) is 3.33. The molecule has 0 aliphatic heterocycles. The highest BCUT2D eigenvalue weighted by Gasteiger charge is 2.33. The second-order valence-corrected chi connectivity index (χ2v) is 9.70. The van der Waals surface area contributed by atoms with Crippen molar-refractivity contribution in [1.82, 2.24) is 15.3 Å². The van der Waals surface area contributed by atoms with Crippen LogP contribution in [0.1, 0.15) is 23.2 Å². The normalized spacial score (nSPS) is 15.3. The SMILES string of the molecule is CN(CC(F)(F)F)c1ncc(C(=O)NC(/C=C/S(C)(=O)=O)C2CC2)c(Oc2ccccc2)n1. The van der Waals surface area contributed by atoms with Gasteiger partial charge in [0, 0.05) is 24.9 Å². The summed E-state index contributed by atoms with van der Waals surface area (Å²) in [5.74, 6) is -0.722. The van der Waals surface area contributed by atoms with Gasteiger partial charge in [-0.2, -0.15) is 18.2 Å². The Balaban J connectivity index is 1.90. The summed E-state index contributed by atoms with van der Waals surface area (Å²) < 4.78 is 67.0. The topological polar surface area (TPSA) is 101 Å². The third-order valence-electron chi connectivity index (χ3n) is 4.66. The molecular formula is C21H23F3N4O4S. The van der Waals surface area contributed by atoms with Crippen LogP contribution in [0.5, 0.6) is 11.6 Å². The number of carbonyl (C=O) groups excluding carboxylic acids is 1. The van der Waals surface area contributed by atoms with Crippen LogP contribution in [-0.2, 0) is 9.84 Å². The van der Waals surface area contributed by atoms with Crippen LogP contribution in [-0.4, -0.2) is 56.4 Å². The molecular weight excluding hydrogens is 461 g/mol. The number of hydrogen-bond acceptors (Lipinski definition) is 7. The quantitative estimate of drug-likeness (QED) is 0.583. The van der Waals surface area contributed by atoms with E-state index in [0.717, 1.165) is 35.6 Å². The van der Waals surface area contributed by atoms with Crippen LogP contribution in [0.15, 0.2) is 48.0 Å². The third kappa shape index (κ3) is 7.74. The summed E-state index contributed by atoms with van der Waals surface area (Å²) in [5, 5.41) is 3.77. The van der Waals surface area contributed by atoms with Crippen LogP contribution in [0.3, 0.4) is 0 Å². The molecule has 1 aliphatic rings. The second kappa shape index (κ2) is 9.77. The fraction of sp³-hybridized carbons (Fsp3) is 0.381. The van der Waals surface area contributed by atoms with Crippen LogP contribution >= 0.6 is 0 Å². The number of aromatic nitrogens is 2.